The third-order valence-electron chi connectivity index (χ3n) is 3.64. The van der Waals surface area contributed by atoms with E-state index in [1.807, 2.05) is 51.1 Å². The van der Waals surface area contributed by atoms with Crippen LogP contribution in [-0.4, -0.2) is 31.8 Å². The van der Waals surface area contributed by atoms with Gasteiger partial charge in [0.2, 0.25) is 0 Å². The number of rotatable bonds is 9. The molecule has 0 unspecified atom stereocenters. The quantitative estimate of drug-likeness (QED) is 0.232. The average Bonchev–Trinajstić information content (AvgIpc) is 3.14. The summed E-state index contributed by atoms with van der Waals surface area (Å²) < 4.78 is 16.8. The summed E-state index contributed by atoms with van der Waals surface area (Å²) in [7, 11) is 1.76. The molecule has 2 rings (SSSR count). The number of nitrogens with one attached hydrogen (secondary N) is 2. The molecule has 2 aromatic rings. The zero-order chi connectivity index (χ0) is 19.5. The molecule has 6 nitrogen and oxygen atoms in total. The lowest BCUT2D eigenvalue weighted by Crippen LogP contribution is -2.37. The number of para-hydroxylation sites is 1. The van der Waals surface area contributed by atoms with E-state index in [4.69, 9.17) is 13.9 Å². The molecule has 0 aliphatic rings. The molecule has 1 heterocycles. The van der Waals surface area contributed by atoms with Crippen molar-refractivity contribution in [2.75, 3.05) is 20.2 Å². The molecular weight excluding hydrogens is 469 g/mol. The molecule has 0 radical (unpaired) electrons. The fourth-order valence-corrected chi connectivity index (χ4v) is 2.43. The van der Waals surface area contributed by atoms with Crippen LogP contribution in [-0.2, 0) is 17.9 Å². The largest absolute Gasteiger partial charge is 0.488 e. The van der Waals surface area contributed by atoms with Crippen molar-refractivity contribution in [3.05, 3.63) is 54.0 Å². The average molecular weight is 501 g/mol. The molecule has 0 amide bonds. The van der Waals surface area contributed by atoms with Gasteiger partial charge in [0.15, 0.2) is 5.96 Å². The summed E-state index contributed by atoms with van der Waals surface area (Å²) in [5, 5.41) is 6.62. The Labute approximate surface area is 185 Å². The number of hydrogen-bond donors (Lipinski definition) is 2. The molecule has 0 saturated heterocycles. The number of aliphatic imine (C=N–C) groups is 1. The van der Waals surface area contributed by atoms with E-state index in [2.05, 4.69) is 21.7 Å². The van der Waals surface area contributed by atoms with Crippen LogP contribution >= 0.6 is 24.0 Å². The SMILES string of the molecule is CN=C(NCCCOCc1ccco1)NCc1ccccc1OC(C)(C)C.I. The molecule has 0 fully saturated rings. The predicted molar refractivity (Wildman–Crippen MR) is 123 cm³/mol. The van der Waals surface area contributed by atoms with Crippen LogP contribution in [0, 0.1) is 0 Å². The van der Waals surface area contributed by atoms with E-state index in [-0.39, 0.29) is 29.6 Å². The van der Waals surface area contributed by atoms with Crippen molar-refractivity contribution in [2.24, 2.45) is 4.99 Å². The highest BCUT2D eigenvalue weighted by atomic mass is 127. The zero-order valence-electron chi connectivity index (χ0n) is 17.2. The summed E-state index contributed by atoms with van der Waals surface area (Å²) in [6, 6.07) is 11.8. The van der Waals surface area contributed by atoms with Gasteiger partial charge in [0.25, 0.3) is 0 Å². The van der Waals surface area contributed by atoms with E-state index in [1.165, 1.54) is 0 Å². The van der Waals surface area contributed by atoms with Crippen molar-refractivity contribution in [2.45, 2.75) is 45.9 Å². The number of halogens is 1. The van der Waals surface area contributed by atoms with Gasteiger partial charge in [0.1, 0.15) is 23.7 Å². The van der Waals surface area contributed by atoms with Gasteiger partial charge in [0.05, 0.1) is 6.26 Å². The van der Waals surface area contributed by atoms with Crippen LogP contribution in [0.3, 0.4) is 0 Å². The van der Waals surface area contributed by atoms with Gasteiger partial charge in [-0.05, 0) is 45.4 Å². The summed E-state index contributed by atoms with van der Waals surface area (Å²) in [5.41, 5.74) is 0.864. The molecule has 0 aliphatic carbocycles. The van der Waals surface area contributed by atoms with E-state index >= 15 is 0 Å². The van der Waals surface area contributed by atoms with Gasteiger partial charge in [-0.2, -0.15) is 0 Å². The highest BCUT2D eigenvalue weighted by Crippen LogP contribution is 2.22. The van der Waals surface area contributed by atoms with Crippen molar-refractivity contribution in [3.63, 3.8) is 0 Å². The van der Waals surface area contributed by atoms with Gasteiger partial charge >= 0.3 is 0 Å². The summed E-state index contributed by atoms with van der Waals surface area (Å²) in [5.74, 6) is 2.49. The Hall–Kier alpha value is -1.74. The first kappa shape index (κ1) is 24.3. The van der Waals surface area contributed by atoms with Crippen LogP contribution in [0.25, 0.3) is 0 Å². The van der Waals surface area contributed by atoms with E-state index in [1.54, 1.807) is 13.3 Å². The molecular formula is C21H32IN3O3. The zero-order valence-corrected chi connectivity index (χ0v) is 19.5. The minimum absolute atomic E-state index is 0. The van der Waals surface area contributed by atoms with Gasteiger partial charge in [-0.1, -0.05) is 18.2 Å². The second-order valence-electron chi connectivity index (χ2n) is 7.16. The maximum absolute atomic E-state index is 6.03. The lowest BCUT2D eigenvalue weighted by atomic mass is 10.1. The Morgan fingerprint density at radius 1 is 1.11 bits per heavy atom. The summed E-state index contributed by atoms with van der Waals surface area (Å²) >= 11 is 0. The van der Waals surface area contributed by atoms with E-state index < -0.39 is 0 Å². The van der Waals surface area contributed by atoms with Crippen molar-refractivity contribution >= 4 is 29.9 Å². The van der Waals surface area contributed by atoms with Gasteiger partial charge in [-0.15, -0.1) is 24.0 Å². The Kier molecular flexibility index (Phi) is 11.0. The first-order valence-electron chi connectivity index (χ1n) is 9.29. The van der Waals surface area contributed by atoms with Gasteiger partial charge < -0.3 is 24.5 Å². The second kappa shape index (κ2) is 12.7. The molecule has 1 aromatic heterocycles. The van der Waals surface area contributed by atoms with E-state index in [0.29, 0.717) is 19.8 Å². The first-order valence-corrected chi connectivity index (χ1v) is 9.29. The normalized spacial score (nSPS) is 11.6. The molecule has 0 bridgehead atoms. The number of guanidine groups is 1. The smallest absolute Gasteiger partial charge is 0.191 e. The Bertz CT molecular complexity index is 697. The Morgan fingerprint density at radius 2 is 1.89 bits per heavy atom. The van der Waals surface area contributed by atoms with Crippen LogP contribution in [0.1, 0.15) is 38.5 Å². The van der Waals surface area contributed by atoms with Crippen molar-refractivity contribution in [1.82, 2.24) is 10.6 Å². The molecule has 0 saturated carbocycles. The van der Waals surface area contributed by atoms with Gasteiger partial charge in [-0.3, -0.25) is 4.99 Å². The van der Waals surface area contributed by atoms with Crippen LogP contribution in [0.5, 0.6) is 5.75 Å². The molecule has 1 aromatic carbocycles. The minimum Gasteiger partial charge on any atom is -0.488 e. The first-order chi connectivity index (χ1) is 13.0. The molecule has 156 valence electrons. The van der Waals surface area contributed by atoms with Gasteiger partial charge in [-0.25, -0.2) is 0 Å². The predicted octanol–water partition coefficient (Wildman–Crippen LogP) is 4.35. The second-order valence-corrected chi connectivity index (χ2v) is 7.16. The van der Waals surface area contributed by atoms with Crippen LogP contribution < -0.4 is 15.4 Å². The molecule has 28 heavy (non-hydrogen) atoms. The fraction of sp³-hybridized carbons (Fsp3) is 0.476. The summed E-state index contributed by atoms with van der Waals surface area (Å²) in [4.78, 5) is 4.26. The number of hydrogen-bond acceptors (Lipinski definition) is 4. The lowest BCUT2D eigenvalue weighted by molar-refractivity contribution is 0.105. The highest BCUT2D eigenvalue weighted by molar-refractivity contribution is 14.0. The number of benzene rings is 1. The maximum atomic E-state index is 6.03. The maximum Gasteiger partial charge on any atom is 0.191 e. The Balaban J connectivity index is 0.00000392. The van der Waals surface area contributed by atoms with Gasteiger partial charge in [0, 0.05) is 32.3 Å². The van der Waals surface area contributed by atoms with Crippen molar-refractivity contribution < 1.29 is 13.9 Å². The van der Waals surface area contributed by atoms with E-state index in [9.17, 15) is 0 Å². The molecule has 2 N–H and O–H groups in total. The minimum atomic E-state index is -0.230. The molecule has 0 atom stereocenters. The molecule has 0 aliphatic heterocycles. The van der Waals surface area contributed by atoms with Crippen molar-refractivity contribution in [1.29, 1.82) is 0 Å². The Morgan fingerprint density at radius 3 is 2.57 bits per heavy atom. The molecule has 7 heteroatoms. The van der Waals surface area contributed by atoms with Crippen molar-refractivity contribution in [3.8, 4) is 5.75 Å². The fourth-order valence-electron chi connectivity index (χ4n) is 2.43. The number of ether oxygens (including phenoxy) is 2. The standard InChI is InChI=1S/C21H31N3O3.HI/c1-21(2,3)27-19-11-6-5-9-17(19)15-24-20(22-4)23-12-8-13-25-16-18-10-7-14-26-18;/h5-7,9-11,14H,8,12-13,15-16H2,1-4H3,(H2,22,23,24);1H. The lowest BCUT2D eigenvalue weighted by Gasteiger charge is -2.23. The topological polar surface area (TPSA) is 68.0 Å². The van der Waals surface area contributed by atoms with Crippen LogP contribution in [0.2, 0.25) is 0 Å². The molecule has 0 spiro atoms. The number of nitrogens with zero attached hydrogens (tertiary/aromatic N) is 1. The number of furan rings is 1. The third-order valence-corrected chi connectivity index (χ3v) is 3.64. The van der Waals surface area contributed by atoms with Crippen LogP contribution in [0.15, 0.2) is 52.1 Å². The van der Waals surface area contributed by atoms with E-state index in [0.717, 1.165) is 36.0 Å². The summed E-state index contributed by atoms with van der Waals surface area (Å²) in [6.07, 6.45) is 2.53. The van der Waals surface area contributed by atoms with Crippen LogP contribution in [0.4, 0.5) is 0 Å². The third kappa shape index (κ3) is 9.45. The monoisotopic (exact) mass is 501 g/mol. The highest BCUT2D eigenvalue weighted by Gasteiger charge is 2.14. The summed E-state index contributed by atoms with van der Waals surface area (Å²) in [6.45, 7) is 8.72.